The molecule has 0 unspecified atom stereocenters. The first kappa shape index (κ1) is 10.9. The summed E-state index contributed by atoms with van der Waals surface area (Å²) in [4.78, 5) is 1.94. The molecule has 0 fully saturated rings. The highest BCUT2D eigenvalue weighted by Crippen LogP contribution is 2.04. The quantitative estimate of drug-likeness (QED) is 0.777. The zero-order valence-corrected chi connectivity index (χ0v) is 9.28. The van der Waals surface area contributed by atoms with Crippen LogP contribution in [0.1, 0.15) is 19.5 Å². The maximum atomic E-state index is 4.12. The van der Waals surface area contributed by atoms with Gasteiger partial charge in [-0.25, -0.2) is 0 Å². The zero-order chi connectivity index (χ0) is 10.6. The first-order chi connectivity index (χ1) is 6.59. The zero-order valence-electron chi connectivity index (χ0n) is 9.28. The van der Waals surface area contributed by atoms with E-state index in [4.69, 9.17) is 0 Å². The minimum atomic E-state index is 0.477. The molecule has 0 bridgehead atoms. The highest BCUT2D eigenvalue weighted by Gasteiger charge is 1.99. The van der Waals surface area contributed by atoms with Gasteiger partial charge < -0.3 is 10.2 Å². The Hall–Kier alpha value is -1.16. The summed E-state index contributed by atoms with van der Waals surface area (Å²) < 4.78 is 0. The molecule has 0 aliphatic heterocycles. The van der Waals surface area contributed by atoms with Gasteiger partial charge in [0.1, 0.15) is 0 Å². The molecule has 0 aromatic carbocycles. The second-order valence-corrected chi connectivity index (χ2v) is 3.81. The van der Waals surface area contributed by atoms with Gasteiger partial charge in [-0.1, -0.05) is 13.8 Å². The number of nitrogens with one attached hydrogen (secondary N) is 1. The van der Waals surface area contributed by atoms with E-state index in [2.05, 4.69) is 29.4 Å². The Morgan fingerprint density at radius 1 is 1.29 bits per heavy atom. The fourth-order valence-corrected chi connectivity index (χ4v) is 0.994. The minimum absolute atomic E-state index is 0.477. The lowest BCUT2D eigenvalue weighted by molar-refractivity contribution is 0.577. The Morgan fingerprint density at radius 2 is 2.00 bits per heavy atom. The second-order valence-electron chi connectivity index (χ2n) is 3.81. The monoisotopic (exact) mass is 194 g/mol. The van der Waals surface area contributed by atoms with Crippen molar-refractivity contribution in [3.8, 4) is 0 Å². The van der Waals surface area contributed by atoms with Gasteiger partial charge in [-0.05, 0) is 12.1 Å². The molecule has 4 heteroatoms. The number of anilines is 1. The normalized spacial score (nSPS) is 10.6. The van der Waals surface area contributed by atoms with Crippen molar-refractivity contribution >= 4 is 5.82 Å². The summed E-state index contributed by atoms with van der Waals surface area (Å²) in [5.74, 6) is 0.887. The third kappa shape index (κ3) is 3.30. The minimum Gasteiger partial charge on any atom is -0.361 e. The topological polar surface area (TPSA) is 41.0 Å². The number of rotatable bonds is 4. The van der Waals surface area contributed by atoms with Crippen LogP contribution in [-0.2, 0) is 6.54 Å². The summed E-state index contributed by atoms with van der Waals surface area (Å²) in [6.07, 6.45) is 0. The maximum absolute atomic E-state index is 4.12. The molecule has 78 valence electrons. The molecule has 14 heavy (non-hydrogen) atoms. The van der Waals surface area contributed by atoms with Crippen LogP contribution in [-0.4, -0.2) is 30.3 Å². The molecule has 1 aromatic rings. The third-order valence-corrected chi connectivity index (χ3v) is 1.86. The van der Waals surface area contributed by atoms with Crippen LogP contribution < -0.4 is 10.2 Å². The molecule has 1 rings (SSSR count). The van der Waals surface area contributed by atoms with Crippen LogP contribution in [0.15, 0.2) is 12.1 Å². The first-order valence-corrected chi connectivity index (χ1v) is 4.83. The van der Waals surface area contributed by atoms with Crippen LogP contribution in [0, 0.1) is 0 Å². The molecule has 0 amide bonds. The van der Waals surface area contributed by atoms with E-state index in [1.807, 2.05) is 31.1 Å². The summed E-state index contributed by atoms with van der Waals surface area (Å²) in [6.45, 7) is 5.00. The van der Waals surface area contributed by atoms with Crippen LogP contribution in [0.25, 0.3) is 0 Å². The molecule has 1 N–H and O–H groups in total. The van der Waals surface area contributed by atoms with Crippen LogP contribution in [0.2, 0.25) is 0 Å². The molecule has 0 saturated carbocycles. The number of hydrogen-bond donors (Lipinski definition) is 1. The average Bonchev–Trinajstić information content (AvgIpc) is 2.15. The Labute approximate surface area is 85.3 Å². The molecule has 1 heterocycles. The molecule has 0 aliphatic rings. The fourth-order valence-electron chi connectivity index (χ4n) is 0.994. The van der Waals surface area contributed by atoms with Crippen LogP contribution in [0.4, 0.5) is 5.82 Å². The van der Waals surface area contributed by atoms with Crippen molar-refractivity contribution in [2.24, 2.45) is 0 Å². The molecule has 1 aromatic heterocycles. The predicted octanol–water partition coefficient (Wildman–Crippen LogP) is 1.04. The van der Waals surface area contributed by atoms with E-state index >= 15 is 0 Å². The molecule has 0 spiro atoms. The largest absolute Gasteiger partial charge is 0.361 e. The van der Waals surface area contributed by atoms with Gasteiger partial charge in [0.15, 0.2) is 5.82 Å². The first-order valence-electron chi connectivity index (χ1n) is 4.83. The van der Waals surface area contributed by atoms with Crippen molar-refractivity contribution in [2.75, 3.05) is 19.0 Å². The van der Waals surface area contributed by atoms with Gasteiger partial charge in [0.05, 0.1) is 5.69 Å². The van der Waals surface area contributed by atoms with Gasteiger partial charge in [0, 0.05) is 26.7 Å². The predicted molar refractivity (Wildman–Crippen MR) is 58.3 cm³/mol. The summed E-state index contributed by atoms with van der Waals surface area (Å²) in [7, 11) is 3.91. The lowest BCUT2D eigenvalue weighted by atomic mass is 10.3. The Kier molecular flexibility index (Phi) is 3.83. The lowest BCUT2D eigenvalue weighted by Crippen LogP contribution is -2.22. The summed E-state index contributed by atoms with van der Waals surface area (Å²) >= 11 is 0. The number of aromatic nitrogens is 2. The van der Waals surface area contributed by atoms with Crippen LogP contribution in [0.5, 0.6) is 0 Å². The van der Waals surface area contributed by atoms with Gasteiger partial charge in [-0.3, -0.25) is 0 Å². The van der Waals surface area contributed by atoms with Gasteiger partial charge >= 0.3 is 0 Å². The van der Waals surface area contributed by atoms with Gasteiger partial charge in [-0.2, -0.15) is 5.10 Å². The van der Waals surface area contributed by atoms with E-state index in [-0.39, 0.29) is 0 Å². The van der Waals surface area contributed by atoms with Gasteiger partial charge in [0.2, 0.25) is 0 Å². The Bertz CT molecular complexity index is 266. The maximum Gasteiger partial charge on any atom is 0.150 e. The van der Waals surface area contributed by atoms with Crippen molar-refractivity contribution in [3.63, 3.8) is 0 Å². The van der Waals surface area contributed by atoms with Crippen molar-refractivity contribution in [1.29, 1.82) is 0 Å². The number of nitrogens with zero attached hydrogens (tertiary/aromatic N) is 3. The molecular weight excluding hydrogens is 176 g/mol. The van der Waals surface area contributed by atoms with Crippen LogP contribution >= 0.6 is 0 Å². The smallest absolute Gasteiger partial charge is 0.150 e. The highest BCUT2D eigenvalue weighted by atomic mass is 15.2. The molecule has 0 atom stereocenters. The third-order valence-electron chi connectivity index (χ3n) is 1.86. The van der Waals surface area contributed by atoms with Crippen LogP contribution in [0.3, 0.4) is 0 Å². The SMILES string of the molecule is CC(C)NCc1ccc(N(C)C)nn1. The molecule has 0 aliphatic carbocycles. The van der Waals surface area contributed by atoms with Crippen molar-refractivity contribution in [3.05, 3.63) is 17.8 Å². The second kappa shape index (κ2) is 4.91. The van der Waals surface area contributed by atoms with E-state index in [1.54, 1.807) is 0 Å². The highest BCUT2D eigenvalue weighted by molar-refractivity contribution is 5.34. The van der Waals surface area contributed by atoms with E-state index < -0.39 is 0 Å². The molecule has 4 nitrogen and oxygen atoms in total. The summed E-state index contributed by atoms with van der Waals surface area (Å²) in [5, 5.41) is 11.5. The lowest BCUT2D eigenvalue weighted by Gasteiger charge is -2.11. The van der Waals surface area contributed by atoms with Crippen molar-refractivity contribution in [2.45, 2.75) is 26.4 Å². The van der Waals surface area contributed by atoms with E-state index in [1.165, 1.54) is 0 Å². The standard InChI is InChI=1S/C10H18N4/c1-8(2)11-7-9-5-6-10(13-12-9)14(3)4/h5-6,8,11H,7H2,1-4H3. The molecule has 0 radical (unpaired) electrons. The molecule has 0 saturated heterocycles. The Balaban J connectivity index is 2.55. The average molecular weight is 194 g/mol. The van der Waals surface area contributed by atoms with E-state index in [0.29, 0.717) is 6.04 Å². The Morgan fingerprint density at radius 3 is 2.43 bits per heavy atom. The van der Waals surface area contributed by atoms with Gasteiger partial charge in [-0.15, -0.1) is 5.10 Å². The van der Waals surface area contributed by atoms with Crippen molar-refractivity contribution < 1.29 is 0 Å². The fraction of sp³-hybridized carbons (Fsp3) is 0.600. The number of hydrogen-bond acceptors (Lipinski definition) is 4. The van der Waals surface area contributed by atoms with Crippen molar-refractivity contribution in [1.82, 2.24) is 15.5 Å². The van der Waals surface area contributed by atoms with E-state index in [0.717, 1.165) is 18.1 Å². The van der Waals surface area contributed by atoms with E-state index in [9.17, 15) is 0 Å². The molecular formula is C10H18N4. The van der Waals surface area contributed by atoms with Gasteiger partial charge in [0.25, 0.3) is 0 Å². The summed E-state index contributed by atoms with van der Waals surface area (Å²) in [5.41, 5.74) is 0.976. The summed E-state index contributed by atoms with van der Waals surface area (Å²) in [6, 6.07) is 4.45.